The zero-order chi connectivity index (χ0) is 16.0. The maximum absolute atomic E-state index is 12.4. The van der Waals surface area contributed by atoms with Crippen molar-refractivity contribution in [2.24, 2.45) is 0 Å². The van der Waals surface area contributed by atoms with Crippen LogP contribution in [0.4, 0.5) is 4.79 Å². The fraction of sp³-hybridized carbons (Fsp3) is 0.867. The second-order valence-electron chi connectivity index (χ2n) is 5.80. The SMILES string of the molecule is CCN1CCC(N(C)C(=O)NC(CC)(CC)C(=O)O)CC1. The first-order valence-corrected chi connectivity index (χ1v) is 7.90. The third-order valence-electron chi connectivity index (χ3n) is 4.84. The predicted octanol–water partition coefficient (Wildman–Crippen LogP) is 1.76. The van der Waals surface area contributed by atoms with Crippen molar-refractivity contribution in [1.29, 1.82) is 0 Å². The van der Waals surface area contributed by atoms with Gasteiger partial charge in [0.05, 0.1) is 0 Å². The number of carbonyl (C=O) groups is 2. The number of aliphatic carboxylic acids is 1. The Bertz CT molecular complexity index is 361. The monoisotopic (exact) mass is 299 g/mol. The number of piperidine rings is 1. The molecule has 21 heavy (non-hydrogen) atoms. The molecule has 1 aliphatic rings. The van der Waals surface area contributed by atoms with Crippen molar-refractivity contribution in [3.05, 3.63) is 0 Å². The zero-order valence-corrected chi connectivity index (χ0v) is 13.7. The molecule has 122 valence electrons. The molecule has 0 bridgehead atoms. The summed E-state index contributed by atoms with van der Waals surface area (Å²) >= 11 is 0. The van der Waals surface area contributed by atoms with Gasteiger partial charge in [-0.05, 0) is 32.2 Å². The van der Waals surface area contributed by atoms with Gasteiger partial charge in [-0.15, -0.1) is 0 Å². The van der Waals surface area contributed by atoms with Gasteiger partial charge in [0, 0.05) is 26.2 Å². The van der Waals surface area contributed by atoms with Crippen molar-refractivity contribution in [1.82, 2.24) is 15.1 Å². The van der Waals surface area contributed by atoms with E-state index in [1.807, 2.05) is 0 Å². The number of nitrogens with one attached hydrogen (secondary N) is 1. The molecule has 0 unspecified atom stereocenters. The molecular weight excluding hydrogens is 270 g/mol. The highest BCUT2D eigenvalue weighted by atomic mass is 16.4. The molecule has 0 aromatic heterocycles. The summed E-state index contributed by atoms with van der Waals surface area (Å²) in [5, 5.41) is 12.1. The lowest BCUT2D eigenvalue weighted by molar-refractivity contribution is -0.144. The summed E-state index contributed by atoms with van der Waals surface area (Å²) in [4.78, 5) is 27.9. The normalized spacial score (nSPS) is 17.5. The number of nitrogens with zero attached hydrogens (tertiary/aromatic N) is 2. The molecule has 1 aliphatic heterocycles. The van der Waals surface area contributed by atoms with E-state index in [0.717, 1.165) is 32.5 Å². The molecule has 0 aliphatic carbocycles. The van der Waals surface area contributed by atoms with E-state index in [9.17, 15) is 14.7 Å². The molecule has 0 spiro atoms. The molecule has 6 heteroatoms. The second kappa shape index (κ2) is 7.64. The molecule has 0 aromatic rings. The standard InChI is InChI=1S/C15H29N3O3/c1-5-15(6-2,13(19)20)16-14(21)17(4)12-8-10-18(7-3)11-9-12/h12H,5-11H2,1-4H3,(H,16,21)(H,19,20). The van der Waals surface area contributed by atoms with Crippen LogP contribution in [-0.4, -0.2) is 65.2 Å². The Balaban J connectivity index is 2.64. The van der Waals surface area contributed by atoms with E-state index < -0.39 is 11.5 Å². The number of urea groups is 1. The molecule has 0 aromatic carbocycles. The smallest absolute Gasteiger partial charge is 0.329 e. The largest absolute Gasteiger partial charge is 0.480 e. The molecule has 1 fully saturated rings. The summed E-state index contributed by atoms with van der Waals surface area (Å²) in [5.41, 5.74) is -1.16. The molecule has 2 amide bonds. The van der Waals surface area contributed by atoms with Gasteiger partial charge in [0.25, 0.3) is 0 Å². The Labute approximate surface area is 127 Å². The second-order valence-corrected chi connectivity index (χ2v) is 5.80. The number of carboxylic acid groups (broad SMARTS) is 1. The van der Waals surface area contributed by atoms with Gasteiger partial charge >= 0.3 is 12.0 Å². The van der Waals surface area contributed by atoms with Crippen LogP contribution < -0.4 is 5.32 Å². The minimum atomic E-state index is -1.16. The average molecular weight is 299 g/mol. The fourth-order valence-corrected chi connectivity index (χ4v) is 2.86. The summed E-state index contributed by atoms with van der Waals surface area (Å²) < 4.78 is 0. The molecular formula is C15H29N3O3. The van der Waals surface area contributed by atoms with Crippen LogP contribution >= 0.6 is 0 Å². The number of carboxylic acids is 1. The Morgan fingerprint density at radius 3 is 2.14 bits per heavy atom. The summed E-state index contributed by atoms with van der Waals surface area (Å²) in [6.07, 6.45) is 2.64. The lowest BCUT2D eigenvalue weighted by Gasteiger charge is -2.38. The Hall–Kier alpha value is -1.30. The fourth-order valence-electron chi connectivity index (χ4n) is 2.86. The van der Waals surface area contributed by atoms with Crippen molar-refractivity contribution in [3.63, 3.8) is 0 Å². The summed E-state index contributed by atoms with van der Waals surface area (Å²) in [6, 6.07) is -0.0935. The number of hydrogen-bond donors (Lipinski definition) is 2. The minimum absolute atomic E-state index is 0.188. The third-order valence-corrected chi connectivity index (χ3v) is 4.84. The quantitative estimate of drug-likeness (QED) is 0.784. The minimum Gasteiger partial charge on any atom is -0.480 e. The van der Waals surface area contributed by atoms with Gasteiger partial charge in [-0.1, -0.05) is 20.8 Å². The first kappa shape index (κ1) is 17.8. The van der Waals surface area contributed by atoms with Crippen LogP contribution in [0.1, 0.15) is 46.5 Å². The highest BCUT2D eigenvalue weighted by Crippen LogP contribution is 2.19. The van der Waals surface area contributed by atoms with Gasteiger partial charge in [-0.25, -0.2) is 9.59 Å². The van der Waals surface area contributed by atoms with Crippen molar-refractivity contribution in [2.75, 3.05) is 26.7 Å². The van der Waals surface area contributed by atoms with Crippen LogP contribution in [0, 0.1) is 0 Å². The van der Waals surface area contributed by atoms with E-state index in [1.165, 1.54) is 0 Å². The van der Waals surface area contributed by atoms with Crippen LogP contribution in [0.25, 0.3) is 0 Å². The van der Waals surface area contributed by atoms with Crippen LogP contribution in [-0.2, 0) is 4.79 Å². The van der Waals surface area contributed by atoms with E-state index in [0.29, 0.717) is 12.8 Å². The van der Waals surface area contributed by atoms with Gasteiger partial charge in [0.1, 0.15) is 5.54 Å². The van der Waals surface area contributed by atoms with Gasteiger partial charge in [0.15, 0.2) is 0 Å². The number of rotatable bonds is 6. The van der Waals surface area contributed by atoms with Gasteiger partial charge in [0.2, 0.25) is 0 Å². The summed E-state index contributed by atoms with van der Waals surface area (Å²) in [6.45, 7) is 8.74. The highest BCUT2D eigenvalue weighted by molar-refractivity contribution is 5.86. The van der Waals surface area contributed by atoms with Crippen molar-refractivity contribution < 1.29 is 14.7 Å². The third kappa shape index (κ3) is 4.09. The summed E-state index contributed by atoms with van der Waals surface area (Å²) in [7, 11) is 1.76. The van der Waals surface area contributed by atoms with Crippen LogP contribution in [0.5, 0.6) is 0 Å². The first-order chi connectivity index (χ1) is 9.90. The number of amides is 2. The Morgan fingerprint density at radius 1 is 1.24 bits per heavy atom. The van der Waals surface area contributed by atoms with Gasteiger partial charge in [-0.3, -0.25) is 0 Å². The van der Waals surface area contributed by atoms with Crippen LogP contribution in [0.3, 0.4) is 0 Å². The Kier molecular flexibility index (Phi) is 6.45. The Morgan fingerprint density at radius 2 is 1.76 bits per heavy atom. The van der Waals surface area contributed by atoms with Gasteiger partial charge in [-0.2, -0.15) is 0 Å². The molecule has 1 saturated heterocycles. The number of hydrogen-bond acceptors (Lipinski definition) is 3. The average Bonchev–Trinajstić information content (AvgIpc) is 2.51. The predicted molar refractivity (Wildman–Crippen MR) is 82.4 cm³/mol. The first-order valence-electron chi connectivity index (χ1n) is 7.90. The summed E-state index contributed by atoms with van der Waals surface area (Å²) in [5.74, 6) is -0.963. The molecule has 1 rings (SSSR count). The number of likely N-dealkylation sites (tertiary alicyclic amines) is 1. The molecule has 1 heterocycles. The molecule has 0 saturated carbocycles. The van der Waals surface area contributed by atoms with Crippen molar-refractivity contribution in [2.45, 2.75) is 58.0 Å². The number of carbonyl (C=O) groups excluding carboxylic acids is 1. The lowest BCUT2D eigenvalue weighted by Crippen LogP contribution is -2.58. The molecule has 2 N–H and O–H groups in total. The maximum Gasteiger partial charge on any atom is 0.329 e. The van der Waals surface area contributed by atoms with E-state index in [4.69, 9.17) is 0 Å². The van der Waals surface area contributed by atoms with E-state index in [1.54, 1.807) is 25.8 Å². The van der Waals surface area contributed by atoms with Gasteiger partial charge < -0.3 is 20.2 Å². The topological polar surface area (TPSA) is 72.9 Å². The van der Waals surface area contributed by atoms with Crippen molar-refractivity contribution >= 4 is 12.0 Å². The highest BCUT2D eigenvalue weighted by Gasteiger charge is 2.38. The van der Waals surface area contributed by atoms with E-state index >= 15 is 0 Å². The van der Waals surface area contributed by atoms with Crippen LogP contribution in [0.2, 0.25) is 0 Å². The maximum atomic E-state index is 12.4. The van der Waals surface area contributed by atoms with Crippen molar-refractivity contribution in [3.8, 4) is 0 Å². The molecule has 6 nitrogen and oxygen atoms in total. The molecule has 0 radical (unpaired) electrons. The van der Waals surface area contributed by atoms with Crippen LogP contribution in [0.15, 0.2) is 0 Å². The zero-order valence-electron chi connectivity index (χ0n) is 13.7. The van der Waals surface area contributed by atoms with E-state index in [-0.39, 0.29) is 12.1 Å². The molecule has 0 atom stereocenters. The van der Waals surface area contributed by atoms with E-state index in [2.05, 4.69) is 17.1 Å². The lowest BCUT2D eigenvalue weighted by atomic mass is 9.93.